The summed E-state index contributed by atoms with van der Waals surface area (Å²) in [6.45, 7) is 3.71. The highest BCUT2D eigenvalue weighted by Gasteiger charge is 2.21. The Hall–Kier alpha value is -4.56. The number of hydrazine groups is 1. The summed E-state index contributed by atoms with van der Waals surface area (Å²) in [5.41, 5.74) is 6.64. The van der Waals surface area contributed by atoms with E-state index in [0.717, 1.165) is 23.1 Å². The fraction of sp³-hybridized carbons (Fsp3) is 0.296. The van der Waals surface area contributed by atoms with Gasteiger partial charge in [-0.25, -0.2) is 19.4 Å². The number of aryl methyl sites for hydroxylation is 1. The number of hydrogen-bond donors (Lipinski definition) is 4. The number of methoxy groups -OCH3 is 2. The molecule has 5 rings (SSSR count). The van der Waals surface area contributed by atoms with E-state index >= 15 is 0 Å². The first-order chi connectivity index (χ1) is 20.0. The van der Waals surface area contributed by atoms with E-state index in [2.05, 4.69) is 35.3 Å². The van der Waals surface area contributed by atoms with Gasteiger partial charge < -0.3 is 34.0 Å². The highest BCUT2D eigenvalue weighted by molar-refractivity contribution is 7.86. The molecule has 0 bridgehead atoms. The van der Waals surface area contributed by atoms with Crippen LogP contribution in [-0.4, -0.2) is 57.7 Å². The van der Waals surface area contributed by atoms with Crippen LogP contribution in [0.3, 0.4) is 0 Å². The maximum Gasteiger partial charge on any atom is 0.407 e. The van der Waals surface area contributed by atoms with Crippen LogP contribution in [-0.2, 0) is 35.3 Å². The zero-order chi connectivity index (χ0) is 28.8. The van der Waals surface area contributed by atoms with Crippen LogP contribution in [0.1, 0.15) is 23.9 Å². The third-order valence-corrected chi connectivity index (χ3v) is 7.49. The lowest BCUT2D eigenvalue weighted by atomic mass is 10.1. The summed E-state index contributed by atoms with van der Waals surface area (Å²) in [6.07, 6.45) is 5.59. The molecule has 41 heavy (non-hydrogen) atoms. The molecule has 13 nitrogen and oxygen atoms in total. The van der Waals surface area contributed by atoms with Crippen molar-refractivity contribution in [1.29, 1.82) is 0 Å². The third kappa shape index (κ3) is 6.61. The van der Waals surface area contributed by atoms with Gasteiger partial charge in [-0.1, -0.05) is 18.1 Å². The summed E-state index contributed by atoms with van der Waals surface area (Å²) < 4.78 is 38.4. The number of hydrogen-bond acceptors (Lipinski definition) is 10. The van der Waals surface area contributed by atoms with E-state index in [1.807, 2.05) is 48.5 Å². The predicted molar refractivity (Wildman–Crippen MR) is 151 cm³/mol. The number of imidazole rings is 1. The average molecular weight is 582 g/mol. The molecule has 2 aromatic heterocycles. The van der Waals surface area contributed by atoms with Crippen LogP contribution in [0.25, 0.3) is 11.0 Å². The Morgan fingerprint density at radius 2 is 2.07 bits per heavy atom. The lowest BCUT2D eigenvalue weighted by Gasteiger charge is -2.16. The second-order valence-corrected chi connectivity index (χ2v) is 10.3. The second-order valence-electron chi connectivity index (χ2n) is 9.13. The molecule has 1 amide bonds. The quantitative estimate of drug-likeness (QED) is 0.196. The standard InChI is InChI=1S/C27H31N7O6S/c1-4-17-5-6-20(39-16-24-28-7-8-29-24)23(11-17)41(36)33-26-25-21(37-2)9-18(10-22(25)40-32-26)14-34-15-19(13-31-34)12-30-27(35)38-3/h5-11,15,31H,4,12-14,16H2,1-3H3,(H,28,29)(H,30,35)(H,32,33). The summed E-state index contributed by atoms with van der Waals surface area (Å²) in [6, 6.07) is 9.33. The normalized spacial score (nSPS) is 13.6. The van der Waals surface area contributed by atoms with Crippen molar-refractivity contribution < 1.29 is 27.7 Å². The molecule has 0 saturated heterocycles. The molecule has 1 unspecified atom stereocenters. The number of aromatic nitrogens is 3. The first kappa shape index (κ1) is 28.0. The first-order valence-electron chi connectivity index (χ1n) is 12.9. The molecule has 0 fully saturated rings. The van der Waals surface area contributed by atoms with Crippen LogP contribution < -0.4 is 24.9 Å². The number of anilines is 1. The lowest BCUT2D eigenvalue weighted by molar-refractivity contribution is 0.172. The van der Waals surface area contributed by atoms with E-state index in [1.54, 1.807) is 19.5 Å². The summed E-state index contributed by atoms with van der Waals surface area (Å²) >= 11 is 0. The summed E-state index contributed by atoms with van der Waals surface area (Å²) in [7, 11) is 1.17. The molecule has 4 N–H and O–H groups in total. The number of amides is 1. The van der Waals surface area contributed by atoms with Crippen molar-refractivity contribution in [1.82, 2.24) is 30.9 Å². The topological polar surface area (TPSA) is 156 Å². The van der Waals surface area contributed by atoms with E-state index in [-0.39, 0.29) is 12.4 Å². The Bertz CT molecular complexity index is 1570. The van der Waals surface area contributed by atoms with Crippen molar-refractivity contribution >= 4 is 33.9 Å². The van der Waals surface area contributed by atoms with Crippen LogP contribution in [0, 0.1) is 0 Å². The molecular weight excluding hydrogens is 550 g/mol. The van der Waals surface area contributed by atoms with Gasteiger partial charge in [0.1, 0.15) is 34.2 Å². The summed E-state index contributed by atoms with van der Waals surface area (Å²) in [4.78, 5) is 19.0. The number of H-pyrrole nitrogens is 1. The van der Waals surface area contributed by atoms with Crippen molar-refractivity contribution in [2.45, 2.75) is 31.4 Å². The van der Waals surface area contributed by atoms with Crippen LogP contribution in [0.2, 0.25) is 0 Å². The van der Waals surface area contributed by atoms with E-state index < -0.39 is 17.1 Å². The molecule has 4 aromatic rings. The Kier molecular flexibility index (Phi) is 8.70. The molecule has 1 aliphatic rings. The molecule has 1 aliphatic heterocycles. The Morgan fingerprint density at radius 1 is 1.20 bits per heavy atom. The van der Waals surface area contributed by atoms with Gasteiger partial charge in [0.2, 0.25) is 0 Å². The first-order valence-corrected chi connectivity index (χ1v) is 14.0. The molecule has 2 aromatic carbocycles. The van der Waals surface area contributed by atoms with Gasteiger partial charge >= 0.3 is 6.09 Å². The smallest absolute Gasteiger partial charge is 0.407 e. The van der Waals surface area contributed by atoms with Crippen LogP contribution in [0.4, 0.5) is 10.6 Å². The number of carbonyl (C=O) groups is 1. The van der Waals surface area contributed by atoms with E-state index in [4.69, 9.17) is 14.0 Å². The Balaban J connectivity index is 1.33. The fourth-order valence-electron chi connectivity index (χ4n) is 4.29. The zero-order valence-corrected chi connectivity index (χ0v) is 23.7. The van der Waals surface area contributed by atoms with Gasteiger partial charge in [0, 0.05) is 31.7 Å². The SMILES string of the molecule is CCc1ccc(OCc2ncc[nH]2)c(S(=O)Nc2noc3cc(CN4C=C(CNC(=O)OC)CN4)cc(OC)c23)c1. The van der Waals surface area contributed by atoms with Crippen molar-refractivity contribution in [3.05, 3.63) is 71.4 Å². The van der Waals surface area contributed by atoms with Crippen LogP contribution in [0.5, 0.6) is 11.5 Å². The molecule has 0 saturated carbocycles. The maximum atomic E-state index is 13.6. The van der Waals surface area contributed by atoms with E-state index in [9.17, 15) is 9.00 Å². The number of nitrogens with one attached hydrogen (secondary N) is 4. The lowest BCUT2D eigenvalue weighted by Crippen LogP contribution is -2.29. The van der Waals surface area contributed by atoms with Gasteiger partial charge in [0.15, 0.2) is 22.4 Å². The number of rotatable bonds is 12. The van der Waals surface area contributed by atoms with Gasteiger partial charge in [0.05, 0.1) is 20.8 Å². The number of nitrogens with zero attached hydrogens (tertiary/aromatic N) is 3. The van der Waals surface area contributed by atoms with Gasteiger partial charge in [-0.2, -0.15) is 0 Å². The number of aromatic amines is 1. The highest BCUT2D eigenvalue weighted by atomic mass is 32.2. The molecule has 14 heteroatoms. The van der Waals surface area contributed by atoms with Crippen molar-refractivity contribution in [3.63, 3.8) is 0 Å². The minimum absolute atomic E-state index is 0.205. The predicted octanol–water partition coefficient (Wildman–Crippen LogP) is 3.40. The van der Waals surface area contributed by atoms with Crippen molar-refractivity contribution in [2.24, 2.45) is 0 Å². The van der Waals surface area contributed by atoms with Crippen LogP contribution in [0.15, 0.2) is 63.9 Å². The molecule has 1 atom stereocenters. The van der Waals surface area contributed by atoms with E-state index in [1.165, 1.54) is 7.11 Å². The third-order valence-electron chi connectivity index (χ3n) is 6.39. The Morgan fingerprint density at radius 3 is 2.83 bits per heavy atom. The van der Waals surface area contributed by atoms with Gasteiger partial charge in [-0.15, -0.1) is 0 Å². The molecular formula is C27H31N7O6S. The Labute approximate surface area is 238 Å². The average Bonchev–Trinajstić information content (AvgIpc) is 3.76. The van der Waals surface area contributed by atoms with Gasteiger partial charge in [-0.3, -0.25) is 4.72 Å². The van der Waals surface area contributed by atoms with E-state index in [0.29, 0.717) is 52.8 Å². The maximum absolute atomic E-state index is 13.6. The monoisotopic (exact) mass is 581 g/mol. The minimum atomic E-state index is -1.72. The molecule has 0 radical (unpaired) electrons. The molecule has 0 aliphatic carbocycles. The number of ether oxygens (including phenoxy) is 3. The van der Waals surface area contributed by atoms with Gasteiger partial charge in [-0.05, 0) is 47.4 Å². The van der Waals surface area contributed by atoms with Gasteiger partial charge in [0.25, 0.3) is 0 Å². The van der Waals surface area contributed by atoms with Crippen molar-refractivity contribution in [3.8, 4) is 11.5 Å². The minimum Gasteiger partial charge on any atom is -0.496 e. The molecule has 0 spiro atoms. The highest BCUT2D eigenvalue weighted by Crippen LogP contribution is 2.35. The summed E-state index contributed by atoms with van der Waals surface area (Å²) in [5, 5.41) is 9.30. The fourth-order valence-corrected chi connectivity index (χ4v) is 5.29. The zero-order valence-electron chi connectivity index (χ0n) is 22.9. The van der Waals surface area contributed by atoms with Crippen molar-refractivity contribution in [2.75, 3.05) is 32.0 Å². The number of benzene rings is 2. The van der Waals surface area contributed by atoms with Crippen LogP contribution >= 0.6 is 0 Å². The summed E-state index contributed by atoms with van der Waals surface area (Å²) in [5.74, 6) is 1.94. The molecule has 216 valence electrons. The molecule has 3 heterocycles. The largest absolute Gasteiger partial charge is 0.496 e. The number of alkyl carbamates (subject to hydrolysis) is 1. The second kappa shape index (κ2) is 12.7. The number of fused-ring (bicyclic) bond motifs is 1. The number of carbonyl (C=O) groups excluding carboxylic acids is 1.